The number of aromatic nitrogens is 3. The van der Waals surface area contributed by atoms with Crippen molar-refractivity contribution in [2.75, 3.05) is 24.7 Å². The molecule has 0 radical (unpaired) electrons. The van der Waals surface area contributed by atoms with Crippen molar-refractivity contribution in [1.29, 1.82) is 0 Å². The van der Waals surface area contributed by atoms with Crippen LogP contribution < -0.4 is 5.32 Å². The number of nitrogens with zero attached hydrogens (tertiary/aromatic N) is 4. The summed E-state index contributed by atoms with van der Waals surface area (Å²) in [4.78, 5) is 26.2. The molecule has 0 saturated heterocycles. The molecule has 1 fully saturated rings. The second-order valence-corrected chi connectivity index (χ2v) is 8.70. The van der Waals surface area contributed by atoms with E-state index in [0.717, 1.165) is 24.4 Å². The second kappa shape index (κ2) is 9.57. The van der Waals surface area contributed by atoms with Crippen molar-refractivity contribution < 1.29 is 14.0 Å². The van der Waals surface area contributed by atoms with E-state index in [-0.39, 0.29) is 24.1 Å². The first-order valence-electron chi connectivity index (χ1n) is 9.88. The molecule has 0 spiro atoms. The molecule has 4 rings (SSSR count). The molecule has 1 saturated carbocycles. The summed E-state index contributed by atoms with van der Waals surface area (Å²) < 4.78 is 7.48. The number of likely N-dealkylation sites (N-methyl/N-ethyl adjacent to an activating group) is 1. The molecule has 162 valence electrons. The molecule has 2 amide bonds. The van der Waals surface area contributed by atoms with E-state index in [4.69, 9.17) is 16.0 Å². The number of furan rings is 1. The molecular formula is C21H22ClN5O3S. The summed E-state index contributed by atoms with van der Waals surface area (Å²) in [5.41, 5.74) is 0.517. The van der Waals surface area contributed by atoms with E-state index in [1.54, 1.807) is 37.6 Å². The number of anilines is 1. The third kappa shape index (κ3) is 5.48. The second-order valence-electron chi connectivity index (χ2n) is 7.35. The summed E-state index contributed by atoms with van der Waals surface area (Å²) in [5, 5.41) is 12.5. The molecule has 10 heteroatoms. The molecule has 1 aliphatic rings. The molecule has 0 atom stereocenters. The lowest BCUT2D eigenvalue weighted by atomic mass is 10.3. The highest BCUT2D eigenvalue weighted by Gasteiger charge is 2.31. The summed E-state index contributed by atoms with van der Waals surface area (Å²) in [6, 6.07) is 10.7. The van der Waals surface area contributed by atoms with Crippen LogP contribution in [0.3, 0.4) is 0 Å². The Hall–Kier alpha value is -2.78. The fraction of sp³-hybridized carbons (Fsp3) is 0.333. The summed E-state index contributed by atoms with van der Waals surface area (Å²) in [5.74, 6) is 1.81. The number of carbonyl (C=O) groups is 2. The Morgan fingerprint density at radius 2 is 2.06 bits per heavy atom. The van der Waals surface area contributed by atoms with Crippen molar-refractivity contribution in [3.63, 3.8) is 0 Å². The summed E-state index contributed by atoms with van der Waals surface area (Å²) in [6.07, 6.45) is 3.84. The summed E-state index contributed by atoms with van der Waals surface area (Å²) >= 11 is 7.37. The molecule has 3 aromatic rings. The van der Waals surface area contributed by atoms with Gasteiger partial charge in [0.05, 0.1) is 35.8 Å². The first kappa shape index (κ1) is 21.5. The average molecular weight is 460 g/mol. The van der Waals surface area contributed by atoms with E-state index in [0.29, 0.717) is 28.3 Å². The molecular weight excluding hydrogens is 438 g/mol. The third-order valence-electron chi connectivity index (χ3n) is 4.86. The van der Waals surface area contributed by atoms with E-state index in [1.807, 2.05) is 16.7 Å². The van der Waals surface area contributed by atoms with E-state index < -0.39 is 0 Å². The van der Waals surface area contributed by atoms with Gasteiger partial charge in [-0.3, -0.25) is 14.2 Å². The van der Waals surface area contributed by atoms with Crippen LogP contribution in [0.2, 0.25) is 5.02 Å². The lowest BCUT2D eigenvalue weighted by Crippen LogP contribution is -2.36. The number of nitrogens with one attached hydrogen (secondary N) is 1. The van der Waals surface area contributed by atoms with Gasteiger partial charge in [0.25, 0.3) is 0 Å². The largest absolute Gasteiger partial charge is 0.467 e. The van der Waals surface area contributed by atoms with Crippen LogP contribution in [0, 0.1) is 0 Å². The number of benzene rings is 1. The number of hydrogen-bond acceptors (Lipinski definition) is 6. The van der Waals surface area contributed by atoms with E-state index in [9.17, 15) is 9.59 Å². The highest BCUT2D eigenvalue weighted by Crippen LogP contribution is 2.40. The van der Waals surface area contributed by atoms with Gasteiger partial charge in [-0.2, -0.15) is 0 Å². The van der Waals surface area contributed by atoms with E-state index in [2.05, 4.69) is 15.5 Å². The monoisotopic (exact) mass is 459 g/mol. The Morgan fingerprint density at radius 3 is 2.77 bits per heavy atom. The van der Waals surface area contributed by atoms with Crippen LogP contribution in [0.5, 0.6) is 0 Å². The van der Waals surface area contributed by atoms with Gasteiger partial charge >= 0.3 is 0 Å². The van der Waals surface area contributed by atoms with Crippen LogP contribution >= 0.6 is 23.4 Å². The lowest BCUT2D eigenvalue weighted by Gasteiger charge is -2.17. The Morgan fingerprint density at radius 1 is 1.26 bits per heavy atom. The maximum Gasteiger partial charge on any atom is 0.244 e. The molecule has 8 nitrogen and oxygen atoms in total. The minimum Gasteiger partial charge on any atom is -0.467 e. The maximum atomic E-state index is 12.6. The first-order valence-corrected chi connectivity index (χ1v) is 11.2. The molecule has 0 unspecified atom stereocenters. The number of para-hydroxylation sites is 1. The van der Waals surface area contributed by atoms with Gasteiger partial charge in [0, 0.05) is 13.0 Å². The molecule has 0 aliphatic heterocycles. The van der Waals surface area contributed by atoms with Gasteiger partial charge in [0.1, 0.15) is 11.6 Å². The molecule has 2 aromatic heterocycles. The smallest absolute Gasteiger partial charge is 0.244 e. The maximum absolute atomic E-state index is 12.6. The molecule has 0 bridgehead atoms. The van der Waals surface area contributed by atoms with Gasteiger partial charge in [0.15, 0.2) is 5.16 Å². The number of rotatable bonds is 9. The van der Waals surface area contributed by atoms with Gasteiger partial charge in [-0.1, -0.05) is 35.5 Å². The molecule has 31 heavy (non-hydrogen) atoms. The van der Waals surface area contributed by atoms with Crippen molar-refractivity contribution in [1.82, 2.24) is 19.7 Å². The Bertz CT molecular complexity index is 1060. The van der Waals surface area contributed by atoms with Gasteiger partial charge < -0.3 is 14.6 Å². The van der Waals surface area contributed by atoms with Crippen LogP contribution in [-0.4, -0.2) is 50.8 Å². The van der Waals surface area contributed by atoms with Crippen molar-refractivity contribution in [2.24, 2.45) is 0 Å². The quantitative estimate of drug-likeness (QED) is 0.491. The fourth-order valence-corrected chi connectivity index (χ4v) is 4.12. The van der Waals surface area contributed by atoms with Crippen molar-refractivity contribution in [2.45, 2.75) is 30.5 Å². The van der Waals surface area contributed by atoms with Crippen LogP contribution in [0.25, 0.3) is 0 Å². The zero-order valence-corrected chi connectivity index (χ0v) is 18.5. The third-order valence-corrected chi connectivity index (χ3v) is 6.14. The standard InChI is InChI=1S/C21H22ClN5O3S/c1-26(12-18(28)23-17-7-3-2-6-16(17)22)19(29)13-31-21-25-24-20(14-8-9-14)27(21)11-15-5-4-10-30-15/h2-7,10,14H,8-9,11-13H2,1H3,(H,23,28). The van der Waals surface area contributed by atoms with Crippen molar-refractivity contribution in [3.8, 4) is 0 Å². The predicted molar refractivity (Wildman–Crippen MR) is 118 cm³/mol. The molecule has 1 aliphatic carbocycles. The molecule has 1 N–H and O–H groups in total. The molecule has 1 aromatic carbocycles. The minimum absolute atomic E-state index is 0.0724. The van der Waals surface area contributed by atoms with Crippen LogP contribution in [-0.2, 0) is 16.1 Å². The highest BCUT2D eigenvalue weighted by atomic mass is 35.5. The Kier molecular flexibility index (Phi) is 6.62. The SMILES string of the molecule is CN(CC(=O)Nc1ccccc1Cl)C(=O)CSc1nnc(C2CC2)n1Cc1ccco1. The highest BCUT2D eigenvalue weighted by molar-refractivity contribution is 7.99. The summed E-state index contributed by atoms with van der Waals surface area (Å²) in [7, 11) is 1.60. The number of amides is 2. The van der Waals surface area contributed by atoms with E-state index in [1.165, 1.54) is 16.7 Å². The van der Waals surface area contributed by atoms with Gasteiger partial charge in [-0.25, -0.2) is 0 Å². The number of halogens is 1. The van der Waals surface area contributed by atoms with Gasteiger partial charge in [0.2, 0.25) is 11.8 Å². The van der Waals surface area contributed by atoms with Crippen molar-refractivity contribution in [3.05, 3.63) is 59.3 Å². The Balaban J connectivity index is 1.34. The van der Waals surface area contributed by atoms with Crippen LogP contribution in [0.15, 0.2) is 52.2 Å². The first-order chi connectivity index (χ1) is 15.0. The zero-order valence-electron chi connectivity index (χ0n) is 17.0. The lowest BCUT2D eigenvalue weighted by molar-refractivity contribution is -0.131. The zero-order chi connectivity index (χ0) is 21.8. The minimum atomic E-state index is -0.314. The van der Waals surface area contributed by atoms with Crippen LogP contribution in [0.1, 0.15) is 30.3 Å². The number of hydrogen-bond donors (Lipinski definition) is 1. The average Bonchev–Trinajstić information content (AvgIpc) is 3.31. The van der Waals surface area contributed by atoms with Gasteiger partial charge in [-0.15, -0.1) is 10.2 Å². The van der Waals surface area contributed by atoms with E-state index >= 15 is 0 Å². The van der Waals surface area contributed by atoms with Gasteiger partial charge in [-0.05, 0) is 37.1 Å². The normalized spacial score (nSPS) is 13.2. The predicted octanol–water partition coefficient (Wildman–Crippen LogP) is 3.64. The fourth-order valence-electron chi connectivity index (χ4n) is 3.05. The molecule has 2 heterocycles. The van der Waals surface area contributed by atoms with Crippen LogP contribution in [0.4, 0.5) is 5.69 Å². The summed E-state index contributed by atoms with van der Waals surface area (Å²) in [6.45, 7) is 0.454. The Labute approximate surface area is 189 Å². The number of carbonyl (C=O) groups excluding carboxylic acids is 2. The van der Waals surface area contributed by atoms with Crippen molar-refractivity contribution >= 4 is 40.9 Å². The number of thioether (sulfide) groups is 1. The topological polar surface area (TPSA) is 93.3 Å².